The lowest BCUT2D eigenvalue weighted by Gasteiger charge is -2.20. The number of ether oxygens (including phenoxy) is 2. The van der Waals surface area contributed by atoms with Crippen LogP contribution in [0.3, 0.4) is 0 Å². The minimum atomic E-state index is -0.000485. The molecule has 1 unspecified atom stereocenters. The molecule has 2 N–H and O–H groups in total. The molecule has 1 aromatic carbocycles. The lowest BCUT2D eigenvalue weighted by molar-refractivity contribution is 0.171. The number of nitrogens with two attached hydrogens (primary N) is 1. The van der Waals surface area contributed by atoms with Crippen molar-refractivity contribution in [1.82, 2.24) is 0 Å². The van der Waals surface area contributed by atoms with Crippen LogP contribution in [0.15, 0.2) is 35.7 Å². The van der Waals surface area contributed by atoms with Gasteiger partial charge >= 0.3 is 0 Å². The normalized spacial score (nSPS) is 15.4. The molecule has 0 saturated carbocycles. The van der Waals surface area contributed by atoms with E-state index in [1.54, 1.807) is 11.3 Å². The molecule has 1 atom stereocenters. The molecule has 94 valence electrons. The summed E-state index contributed by atoms with van der Waals surface area (Å²) in [6.07, 6.45) is 0.858. The highest BCUT2D eigenvalue weighted by molar-refractivity contribution is 7.09. The van der Waals surface area contributed by atoms with Gasteiger partial charge in [0, 0.05) is 17.3 Å². The Morgan fingerprint density at radius 3 is 2.78 bits per heavy atom. The van der Waals surface area contributed by atoms with Crippen LogP contribution in [0.2, 0.25) is 0 Å². The predicted molar refractivity (Wildman–Crippen MR) is 72.4 cm³/mol. The van der Waals surface area contributed by atoms with E-state index in [0.717, 1.165) is 23.5 Å². The Labute approximate surface area is 110 Å². The van der Waals surface area contributed by atoms with Crippen molar-refractivity contribution in [2.75, 3.05) is 13.2 Å². The molecule has 1 aliphatic heterocycles. The second-order valence-electron chi connectivity index (χ2n) is 4.29. The van der Waals surface area contributed by atoms with Gasteiger partial charge in [-0.2, -0.15) is 0 Å². The topological polar surface area (TPSA) is 44.5 Å². The molecule has 2 aromatic rings. The quantitative estimate of drug-likeness (QED) is 0.924. The minimum absolute atomic E-state index is 0.000485. The molecule has 0 aliphatic carbocycles. The van der Waals surface area contributed by atoms with Crippen LogP contribution in [0.25, 0.3) is 0 Å². The maximum atomic E-state index is 6.23. The predicted octanol–water partition coefficient (Wildman–Crippen LogP) is 2.76. The summed E-state index contributed by atoms with van der Waals surface area (Å²) in [4.78, 5) is 1.30. The molecule has 0 radical (unpaired) electrons. The first kappa shape index (κ1) is 11.6. The summed E-state index contributed by atoms with van der Waals surface area (Å²) in [7, 11) is 0. The molecule has 0 amide bonds. The van der Waals surface area contributed by atoms with Crippen molar-refractivity contribution >= 4 is 11.3 Å². The second kappa shape index (κ2) is 5.00. The minimum Gasteiger partial charge on any atom is -0.486 e. The maximum Gasteiger partial charge on any atom is 0.161 e. The van der Waals surface area contributed by atoms with Gasteiger partial charge in [0.1, 0.15) is 13.2 Å². The van der Waals surface area contributed by atoms with Crippen LogP contribution in [0.5, 0.6) is 11.5 Å². The number of hydrogen-bond acceptors (Lipinski definition) is 4. The third-order valence-corrected chi connectivity index (χ3v) is 3.89. The molecule has 0 fully saturated rings. The lowest BCUT2D eigenvalue weighted by atomic mass is 10.0. The Balaban J connectivity index is 1.79. The number of hydrogen-bond donors (Lipinski definition) is 1. The van der Waals surface area contributed by atoms with Crippen molar-refractivity contribution in [2.45, 2.75) is 12.5 Å². The van der Waals surface area contributed by atoms with E-state index in [1.165, 1.54) is 4.88 Å². The molecule has 3 nitrogen and oxygen atoms in total. The van der Waals surface area contributed by atoms with Crippen molar-refractivity contribution in [3.8, 4) is 11.5 Å². The standard InChI is InChI=1S/C14H15NO2S/c15-12(9-11-2-1-7-18-11)10-3-4-13-14(8-10)17-6-5-16-13/h1-4,7-8,12H,5-6,9,15H2. The number of rotatable bonds is 3. The maximum absolute atomic E-state index is 6.23. The molecule has 2 heterocycles. The van der Waals surface area contributed by atoms with Crippen LogP contribution in [0.1, 0.15) is 16.5 Å². The van der Waals surface area contributed by atoms with E-state index in [9.17, 15) is 0 Å². The molecule has 1 aromatic heterocycles. The zero-order chi connectivity index (χ0) is 12.4. The first-order valence-electron chi connectivity index (χ1n) is 6.00. The molecule has 18 heavy (non-hydrogen) atoms. The fourth-order valence-corrected chi connectivity index (χ4v) is 2.82. The summed E-state index contributed by atoms with van der Waals surface area (Å²) in [6.45, 7) is 1.23. The van der Waals surface area contributed by atoms with E-state index < -0.39 is 0 Å². The van der Waals surface area contributed by atoms with Gasteiger partial charge in [-0.25, -0.2) is 0 Å². The molecule has 3 rings (SSSR count). The van der Waals surface area contributed by atoms with Crippen molar-refractivity contribution in [2.24, 2.45) is 5.73 Å². The van der Waals surface area contributed by atoms with E-state index in [2.05, 4.69) is 17.5 Å². The first-order valence-corrected chi connectivity index (χ1v) is 6.88. The van der Waals surface area contributed by atoms with Gasteiger partial charge in [0.05, 0.1) is 0 Å². The Morgan fingerprint density at radius 1 is 1.17 bits per heavy atom. The van der Waals surface area contributed by atoms with E-state index in [1.807, 2.05) is 18.2 Å². The van der Waals surface area contributed by atoms with Crippen molar-refractivity contribution < 1.29 is 9.47 Å². The van der Waals surface area contributed by atoms with Gasteiger partial charge in [0.2, 0.25) is 0 Å². The highest BCUT2D eigenvalue weighted by Gasteiger charge is 2.15. The van der Waals surface area contributed by atoms with Crippen LogP contribution >= 0.6 is 11.3 Å². The van der Waals surface area contributed by atoms with Crippen LogP contribution in [-0.4, -0.2) is 13.2 Å². The molecular formula is C14H15NO2S. The Morgan fingerprint density at radius 2 is 2.00 bits per heavy atom. The van der Waals surface area contributed by atoms with Gasteiger partial charge in [0.15, 0.2) is 11.5 Å². The van der Waals surface area contributed by atoms with E-state index in [0.29, 0.717) is 13.2 Å². The summed E-state index contributed by atoms with van der Waals surface area (Å²) in [5.41, 5.74) is 7.32. The fourth-order valence-electron chi connectivity index (χ4n) is 2.05. The first-order chi connectivity index (χ1) is 8.83. The average Bonchev–Trinajstić information content (AvgIpc) is 2.91. The molecule has 0 bridgehead atoms. The summed E-state index contributed by atoms with van der Waals surface area (Å²) in [5, 5.41) is 2.08. The summed E-state index contributed by atoms with van der Waals surface area (Å²) < 4.78 is 11.1. The molecule has 0 saturated heterocycles. The van der Waals surface area contributed by atoms with Crippen molar-refractivity contribution in [1.29, 1.82) is 0 Å². The average molecular weight is 261 g/mol. The van der Waals surface area contributed by atoms with E-state index >= 15 is 0 Å². The summed E-state index contributed by atoms with van der Waals surface area (Å²) >= 11 is 1.74. The zero-order valence-corrected chi connectivity index (χ0v) is 10.8. The third-order valence-electron chi connectivity index (χ3n) is 3.00. The van der Waals surface area contributed by atoms with E-state index in [4.69, 9.17) is 15.2 Å². The molecular weight excluding hydrogens is 246 g/mol. The number of fused-ring (bicyclic) bond motifs is 1. The highest BCUT2D eigenvalue weighted by Crippen LogP contribution is 2.33. The second-order valence-corrected chi connectivity index (χ2v) is 5.33. The molecule has 1 aliphatic rings. The molecule has 4 heteroatoms. The van der Waals surface area contributed by atoms with Crippen LogP contribution in [0, 0.1) is 0 Å². The van der Waals surface area contributed by atoms with Gasteiger partial charge < -0.3 is 15.2 Å². The monoisotopic (exact) mass is 261 g/mol. The van der Waals surface area contributed by atoms with Gasteiger partial charge in [-0.15, -0.1) is 11.3 Å². The smallest absolute Gasteiger partial charge is 0.161 e. The van der Waals surface area contributed by atoms with Crippen LogP contribution in [-0.2, 0) is 6.42 Å². The highest BCUT2D eigenvalue weighted by atomic mass is 32.1. The van der Waals surface area contributed by atoms with Crippen molar-refractivity contribution in [3.63, 3.8) is 0 Å². The SMILES string of the molecule is NC(Cc1cccs1)c1ccc2c(c1)OCCO2. The number of thiophene rings is 1. The number of benzene rings is 1. The fraction of sp³-hybridized carbons (Fsp3) is 0.286. The Kier molecular flexibility index (Phi) is 3.21. The van der Waals surface area contributed by atoms with Crippen molar-refractivity contribution in [3.05, 3.63) is 46.2 Å². The van der Waals surface area contributed by atoms with Gasteiger partial charge in [0.25, 0.3) is 0 Å². The molecule has 0 spiro atoms. The Bertz CT molecular complexity index is 525. The summed E-state index contributed by atoms with van der Waals surface area (Å²) in [6, 6.07) is 10.1. The van der Waals surface area contributed by atoms with Crippen LogP contribution in [0.4, 0.5) is 0 Å². The third kappa shape index (κ3) is 2.35. The summed E-state index contributed by atoms with van der Waals surface area (Å²) in [5.74, 6) is 1.62. The van der Waals surface area contributed by atoms with Gasteiger partial charge in [-0.05, 0) is 29.1 Å². The van der Waals surface area contributed by atoms with Gasteiger partial charge in [-0.3, -0.25) is 0 Å². The largest absolute Gasteiger partial charge is 0.486 e. The van der Waals surface area contributed by atoms with Gasteiger partial charge in [-0.1, -0.05) is 12.1 Å². The van der Waals surface area contributed by atoms with E-state index in [-0.39, 0.29) is 6.04 Å². The lowest BCUT2D eigenvalue weighted by Crippen LogP contribution is -2.17. The zero-order valence-electron chi connectivity index (χ0n) is 9.96. The Hall–Kier alpha value is -1.52. The van der Waals surface area contributed by atoms with Crippen LogP contribution < -0.4 is 15.2 Å².